The van der Waals surface area contributed by atoms with Crippen molar-refractivity contribution >= 4 is 39.5 Å². The van der Waals surface area contributed by atoms with Gasteiger partial charge in [0.1, 0.15) is 0 Å². The number of anilines is 1. The van der Waals surface area contributed by atoms with Crippen molar-refractivity contribution in [2.24, 2.45) is 10.2 Å². The van der Waals surface area contributed by atoms with E-state index in [9.17, 15) is 4.79 Å². The molecule has 2 aromatic carbocycles. The van der Waals surface area contributed by atoms with E-state index >= 15 is 0 Å². The molecule has 2 aromatic rings. The topological polar surface area (TPSA) is 63.5 Å². The van der Waals surface area contributed by atoms with Gasteiger partial charge in [-0.1, -0.05) is 18.2 Å². The SMILES string of the molecule is CN1C(=O)/C(=N/N=C\c2cc3c(cc2Br)OCO3)c2ccccc21. The van der Waals surface area contributed by atoms with Crippen LogP contribution in [0.1, 0.15) is 11.1 Å². The van der Waals surface area contributed by atoms with Crippen LogP contribution in [0.5, 0.6) is 11.5 Å². The van der Waals surface area contributed by atoms with Gasteiger partial charge in [-0.2, -0.15) is 5.10 Å². The third kappa shape index (κ3) is 2.37. The highest BCUT2D eigenvalue weighted by Crippen LogP contribution is 2.36. The Morgan fingerprint density at radius 3 is 2.79 bits per heavy atom. The zero-order valence-electron chi connectivity index (χ0n) is 12.7. The monoisotopic (exact) mass is 385 g/mol. The van der Waals surface area contributed by atoms with E-state index < -0.39 is 0 Å². The highest BCUT2D eigenvalue weighted by molar-refractivity contribution is 9.10. The number of nitrogens with zero attached hydrogens (tertiary/aromatic N) is 3. The molecule has 0 spiro atoms. The molecule has 0 bridgehead atoms. The Hall–Kier alpha value is -2.67. The van der Waals surface area contributed by atoms with Crippen LogP contribution in [0.4, 0.5) is 5.69 Å². The van der Waals surface area contributed by atoms with Crippen LogP contribution in [-0.2, 0) is 4.79 Å². The summed E-state index contributed by atoms with van der Waals surface area (Å²) in [5.74, 6) is 1.18. The lowest BCUT2D eigenvalue weighted by atomic mass is 10.1. The molecule has 0 unspecified atom stereocenters. The summed E-state index contributed by atoms with van der Waals surface area (Å²) in [4.78, 5) is 13.9. The summed E-state index contributed by atoms with van der Waals surface area (Å²) in [5.41, 5.74) is 2.74. The van der Waals surface area contributed by atoms with Crippen molar-refractivity contribution in [2.45, 2.75) is 0 Å². The number of halogens is 1. The molecule has 120 valence electrons. The van der Waals surface area contributed by atoms with Crippen molar-refractivity contribution in [3.05, 3.63) is 52.0 Å². The molecule has 0 fully saturated rings. The van der Waals surface area contributed by atoms with E-state index in [1.807, 2.05) is 36.4 Å². The van der Waals surface area contributed by atoms with Crippen molar-refractivity contribution in [1.82, 2.24) is 0 Å². The summed E-state index contributed by atoms with van der Waals surface area (Å²) < 4.78 is 11.5. The lowest BCUT2D eigenvalue weighted by Crippen LogP contribution is -2.25. The summed E-state index contributed by atoms with van der Waals surface area (Å²) in [6, 6.07) is 11.1. The molecule has 0 aromatic heterocycles. The number of benzene rings is 2. The molecule has 24 heavy (non-hydrogen) atoms. The molecule has 2 aliphatic rings. The van der Waals surface area contributed by atoms with Gasteiger partial charge in [0, 0.05) is 22.6 Å². The van der Waals surface area contributed by atoms with Crippen LogP contribution >= 0.6 is 15.9 Å². The maximum Gasteiger partial charge on any atom is 0.279 e. The van der Waals surface area contributed by atoms with Crippen molar-refractivity contribution in [2.75, 3.05) is 18.7 Å². The lowest BCUT2D eigenvalue weighted by molar-refractivity contribution is -0.111. The van der Waals surface area contributed by atoms with E-state index in [0.717, 1.165) is 21.3 Å². The van der Waals surface area contributed by atoms with Gasteiger partial charge < -0.3 is 14.4 Å². The van der Waals surface area contributed by atoms with Crippen molar-refractivity contribution in [1.29, 1.82) is 0 Å². The highest BCUT2D eigenvalue weighted by Gasteiger charge is 2.31. The number of rotatable bonds is 2. The number of amides is 1. The zero-order valence-corrected chi connectivity index (χ0v) is 14.3. The Morgan fingerprint density at radius 1 is 1.21 bits per heavy atom. The van der Waals surface area contributed by atoms with Crippen LogP contribution in [0.25, 0.3) is 0 Å². The molecule has 0 atom stereocenters. The predicted molar refractivity (Wildman–Crippen MR) is 94.2 cm³/mol. The second-order valence-corrected chi connectivity index (χ2v) is 6.16. The fourth-order valence-corrected chi connectivity index (χ4v) is 3.05. The first-order chi connectivity index (χ1) is 11.6. The standard InChI is InChI=1S/C17H12BrN3O3/c1-21-13-5-3-2-4-11(13)16(17(21)22)20-19-8-10-6-14-15(7-12(10)18)24-9-23-14/h2-8H,9H2,1H3/b19-8-,20-16+. The van der Waals surface area contributed by atoms with Gasteiger partial charge in [0.05, 0.1) is 11.9 Å². The Kier molecular flexibility index (Phi) is 3.57. The molecule has 0 N–H and O–H groups in total. The van der Waals surface area contributed by atoms with Gasteiger partial charge in [0.25, 0.3) is 5.91 Å². The Balaban J connectivity index is 1.66. The second kappa shape index (κ2) is 5.76. The molecule has 1 amide bonds. The van der Waals surface area contributed by atoms with Gasteiger partial charge in [-0.25, -0.2) is 0 Å². The van der Waals surface area contributed by atoms with Crippen LogP contribution < -0.4 is 14.4 Å². The van der Waals surface area contributed by atoms with Crippen LogP contribution in [0, 0.1) is 0 Å². The molecular weight excluding hydrogens is 374 g/mol. The minimum absolute atomic E-state index is 0.168. The van der Waals surface area contributed by atoms with Gasteiger partial charge in [-0.15, -0.1) is 5.10 Å². The predicted octanol–water partition coefficient (Wildman–Crippen LogP) is 2.98. The summed E-state index contributed by atoms with van der Waals surface area (Å²) in [6.07, 6.45) is 1.58. The molecule has 7 heteroatoms. The summed E-state index contributed by atoms with van der Waals surface area (Å²) >= 11 is 3.46. The van der Waals surface area contributed by atoms with Gasteiger partial charge in [0.15, 0.2) is 17.2 Å². The summed E-state index contributed by atoms with van der Waals surface area (Å²) in [5, 5.41) is 8.21. The molecule has 2 heterocycles. The Morgan fingerprint density at radius 2 is 1.96 bits per heavy atom. The number of fused-ring (bicyclic) bond motifs is 2. The third-order valence-electron chi connectivity index (χ3n) is 3.87. The molecule has 4 rings (SSSR count). The van der Waals surface area contributed by atoms with Gasteiger partial charge in [-0.05, 0) is 34.1 Å². The van der Waals surface area contributed by atoms with E-state index in [-0.39, 0.29) is 12.7 Å². The number of carbonyl (C=O) groups is 1. The van der Waals surface area contributed by atoms with E-state index in [1.54, 1.807) is 18.2 Å². The smallest absolute Gasteiger partial charge is 0.279 e. The molecule has 0 radical (unpaired) electrons. The number of carbonyl (C=O) groups excluding carboxylic acids is 1. The van der Waals surface area contributed by atoms with E-state index in [2.05, 4.69) is 26.1 Å². The number of hydrogen-bond acceptors (Lipinski definition) is 5. The fraction of sp³-hybridized carbons (Fsp3) is 0.118. The minimum atomic E-state index is -0.168. The van der Waals surface area contributed by atoms with Gasteiger partial charge in [0.2, 0.25) is 6.79 Å². The van der Waals surface area contributed by atoms with Crippen LogP contribution in [0.15, 0.2) is 51.1 Å². The maximum absolute atomic E-state index is 12.3. The normalized spacial score (nSPS) is 17.2. The molecule has 0 saturated carbocycles. The van der Waals surface area contributed by atoms with E-state index in [1.165, 1.54) is 0 Å². The summed E-state index contributed by atoms with van der Waals surface area (Å²) in [6.45, 7) is 0.211. The molecular formula is C17H12BrN3O3. The van der Waals surface area contributed by atoms with E-state index in [0.29, 0.717) is 17.2 Å². The van der Waals surface area contributed by atoms with E-state index in [4.69, 9.17) is 9.47 Å². The quantitative estimate of drug-likeness (QED) is 0.589. The van der Waals surface area contributed by atoms with Crippen LogP contribution in [0.2, 0.25) is 0 Å². The molecule has 0 aliphatic carbocycles. The van der Waals surface area contributed by atoms with Gasteiger partial charge in [-0.3, -0.25) is 4.79 Å². The Labute approximate surface area is 146 Å². The van der Waals surface area contributed by atoms with Crippen molar-refractivity contribution in [3.8, 4) is 11.5 Å². The molecule has 0 saturated heterocycles. The first-order valence-corrected chi connectivity index (χ1v) is 8.02. The minimum Gasteiger partial charge on any atom is -0.454 e. The number of para-hydroxylation sites is 1. The zero-order chi connectivity index (χ0) is 16.7. The number of likely N-dealkylation sites (N-methyl/N-ethyl adjacent to an activating group) is 1. The fourth-order valence-electron chi connectivity index (χ4n) is 2.63. The first-order valence-electron chi connectivity index (χ1n) is 7.23. The van der Waals surface area contributed by atoms with Crippen molar-refractivity contribution in [3.63, 3.8) is 0 Å². The molecule has 6 nitrogen and oxygen atoms in total. The lowest BCUT2D eigenvalue weighted by Gasteiger charge is -2.07. The van der Waals surface area contributed by atoms with Crippen LogP contribution in [0.3, 0.4) is 0 Å². The van der Waals surface area contributed by atoms with Crippen LogP contribution in [-0.4, -0.2) is 31.7 Å². The summed E-state index contributed by atoms with van der Waals surface area (Å²) in [7, 11) is 1.72. The molecule has 2 aliphatic heterocycles. The second-order valence-electron chi connectivity index (χ2n) is 5.30. The first kappa shape index (κ1) is 14.9. The largest absolute Gasteiger partial charge is 0.454 e. The highest BCUT2D eigenvalue weighted by atomic mass is 79.9. The average molecular weight is 386 g/mol. The van der Waals surface area contributed by atoms with Gasteiger partial charge >= 0.3 is 0 Å². The number of ether oxygens (including phenoxy) is 2. The van der Waals surface area contributed by atoms with Crippen molar-refractivity contribution < 1.29 is 14.3 Å². The maximum atomic E-state index is 12.3. The number of hydrogen-bond donors (Lipinski definition) is 0. The Bertz CT molecular complexity index is 908. The third-order valence-corrected chi connectivity index (χ3v) is 4.56. The average Bonchev–Trinajstić information content (AvgIpc) is 3.13.